The molecule has 2 aromatic rings. The van der Waals surface area contributed by atoms with Crippen molar-refractivity contribution in [1.29, 1.82) is 0 Å². The van der Waals surface area contributed by atoms with E-state index in [0.717, 1.165) is 28.8 Å². The zero-order valence-corrected chi connectivity index (χ0v) is 13.2. The van der Waals surface area contributed by atoms with Gasteiger partial charge in [0.15, 0.2) is 0 Å². The SMILES string of the molecule is CCNc1cc(C(C)(C)C)nc2c(Cl)c(Cl)ccc12. The molecule has 4 heteroatoms. The summed E-state index contributed by atoms with van der Waals surface area (Å²) >= 11 is 12.4. The lowest BCUT2D eigenvalue weighted by molar-refractivity contribution is 0.572. The number of rotatable bonds is 2. The van der Waals surface area contributed by atoms with Crippen LogP contribution in [-0.2, 0) is 5.41 Å². The number of halogens is 2. The van der Waals surface area contributed by atoms with Crippen molar-refractivity contribution in [2.24, 2.45) is 0 Å². The summed E-state index contributed by atoms with van der Waals surface area (Å²) in [6, 6.07) is 5.86. The summed E-state index contributed by atoms with van der Waals surface area (Å²) in [5, 5.41) is 5.43. The Labute approximate surface area is 124 Å². The molecule has 102 valence electrons. The molecule has 0 amide bonds. The predicted octanol–water partition coefficient (Wildman–Crippen LogP) is 5.27. The van der Waals surface area contributed by atoms with Gasteiger partial charge in [0.2, 0.25) is 0 Å². The lowest BCUT2D eigenvalue weighted by Gasteiger charge is -2.21. The standard InChI is InChI=1S/C15H18Cl2N2/c1-5-18-11-8-12(15(2,3)4)19-14-9(11)6-7-10(16)13(14)17/h6-8H,5H2,1-4H3,(H,18,19). The summed E-state index contributed by atoms with van der Waals surface area (Å²) in [6.45, 7) is 9.32. The van der Waals surface area contributed by atoms with Gasteiger partial charge in [0.05, 0.1) is 15.6 Å². The minimum atomic E-state index is -0.0377. The Kier molecular flexibility index (Phi) is 3.93. The Balaban J connectivity index is 2.80. The number of nitrogens with one attached hydrogen (secondary N) is 1. The summed E-state index contributed by atoms with van der Waals surface area (Å²) in [6.07, 6.45) is 0. The zero-order valence-electron chi connectivity index (χ0n) is 11.6. The third-order valence-electron chi connectivity index (χ3n) is 3.01. The molecule has 1 N–H and O–H groups in total. The highest BCUT2D eigenvalue weighted by atomic mass is 35.5. The first-order valence-corrected chi connectivity index (χ1v) is 7.13. The molecule has 1 aromatic carbocycles. The lowest BCUT2D eigenvalue weighted by Crippen LogP contribution is -2.14. The molecule has 1 heterocycles. The first-order valence-electron chi connectivity index (χ1n) is 6.37. The second kappa shape index (κ2) is 5.18. The fourth-order valence-electron chi connectivity index (χ4n) is 1.95. The highest BCUT2D eigenvalue weighted by molar-refractivity contribution is 6.45. The highest BCUT2D eigenvalue weighted by Crippen LogP contribution is 2.35. The minimum absolute atomic E-state index is 0.0377. The van der Waals surface area contributed by atoms with Crippen molar-refractivity contribution < 1.29 is 0 Å². The van der Waals surface area contributed by atoms with Crippen LogP contribution in [-0.4, -0.2) is 11.5 Å². The Morgan fingerprint density at radius 1 is 1.21 bits per heavy atom. The Morgan fingerprint density at radius 2 is 1.89 bits per heavy atom. The maximum atomic E-state index is 6.30. The summed E-state index contributed by atoms with van der Waals surface area (Å²) in [5.41, 5.74) is 2.78. The van der Waals surface area contributed by atoms with E-state index in [-0.39, 0.29) is 5.41 Å². The van der Waals surface area contributed by atoms with Gasteiger partial charge in [0.1, 0.15) is 0 Å². The molecule has 2 rings (SSSR count). The summed E-state index contributed by atoms with van der Waals surface area (Å²) in [4.78, 5) is 4.69. The van der Waals surface area contributed by atoms with Crippen molar-refractivity contribution in [3.8, 4) is 0 Å². The minimum Gasteiger partial charge on any atom is -0.385 e. The number of fused-ring (bicyclic) bond motifs is 1. The van der Waals surface area contributed by atoms with Gasteiger partial charge in [-0.25, -0.2) is 0 Å². The largest absolute Gasteiger partial charge is 0.385 e. The maximum absolute atomic E-state index is 6.30. The van der Waals surface area contributed by atoms with Gasteiger partial charge in [-0.15, -0.1) is 0 Å². The van der Waals surface area contributed by atoms with Gasteiger partial charge in [-0.3, -0.25) is 4.98 Å². The van der Waals surface area contributed by atoms with Gasteiger partial charge >= 0.3 is 0 Å². The number of hydrogen-bond donors (Lipinski definition) is 1. The third kappa shape index (κ3) is 2.80. The molecular weight excluding hydrogens is 279 g/mol. The molecule has 0 aliphatic heterocycles. The van der Waals surface area contributed by atoms with E-state index in [9.17, 15) is 0 Å². The van der Waals surface area contributed by atoms with Gasteiger partial charge in [-0.1, -0.05) is 44.0 Å². The monoisotopic (exact) mass is 296 g/mol. The van der Waals surface area contributed by atoms with Crippen LogP contribution in [0.3, 0.4) is 0 Å². The molecule has 0 fully saturated rings. The summed E-state index contributed by atoms with van der Waals surface area (Å²) < 4.78 is 0. The van der Waals surface area contributed by atoms with Crippen LogP contribution >= 0.6 is 23.2 Å². The average Bonchev–Trinajstić information content (AvgIpc) is 2.33. The van der Waals surface area contributed by atoms with Crippen LogP contribution in [0, 0.1) is 0 Å². The van der Waals surface area contributed by atoms with Gasteiger partial charge in [0.25, 0.3) is 0 Å². The van der Waals surface area contributed by atoms with Crippen LogP contribution in [0.4, 0.5) is 5.69 Å². The molecule has 0 aliphatic carbocycles. The van der Waals surface area contributed by atoms with Gasteiger partial charge in [-0.05, 0) is 25.1 Å². The van der Waals surface area contributed by atoms with E-state index in [2.05, 4.69) is 39.1 Å². The van der Waals surface area contributed by atoms with E-state index in [4.69, 9.17) is 28.2 Å². The van der Waals surface area contributed by atoms with Gasteiger partial charge in [-0.2, -0.15) is 0 Å². The van der Waals surface area contributed by atoms with Crippen LogP contribution < -0.4 is 5.32 Å². The molecule has 0 spiro atoms. The van der Waals surface area contributed by atoms with E-state index in [1.807, 2.05) is 12.1 Å². The molecular formula is C15H18Cl2N2. The van der Waals surface area contributed by atoms with E-state index in [1.54, 1.807) is 0 Å². The Morgan fingerprint density at radius 3 is 2.47 bits per heavy atom. The molecule has 19 heavy (non-hydrogen) atoms. The van der Waals surface area contributed by atoms with Crippen LogP contribution in [0.15, 0.2) is 18.2 Å². The molecule has 0 bridgehead atoms. The molecule has 0 unspecified atom stereocenters. The zero-order chi connectivity index (χ0) is 14.2. The second-order valence-corrected chi connectivity index (χ2v) is 6.38. The van der Waals surface area contributed by atoms with Gasteiger partial charge < -0.3 is 5.32 Å². The number of aromatic nitrogens is 1. The Hall–Kier alpha value is -0.990. The van der Waals surface area contributed by atoms with Crippen LogP contribution in [0.2, 0.25) is 10.0 Å². The Bertz CT molecular complexity index is 616. The maximum Gasteiger partial charge on any atom is 0.0927 e. The number of anilines is 1. The fraction of sp³-hybridized carbons (Fsp3) is 0.400. The summed E-state index contributed by atoms with van der Waals surface area (Å²) in [7, 11) is 0. The van der Waals surface area contributed by atoms with Crippen LogP contribution in [0.25, 0.3) is 10.9 Å². The molecule has 0 atom stereocenters. The molecule has 0 radical (unpaired) electrons. The molecule has 0 saturated heterocycles. The van der Waals surface area contributed by atoms with Crippen molar-refractivity contribution in [2.75, 3.05) is 11.9 Å². The fourth-order valence-corrected chi connectivity index (χ4v) is 2.31. The topological polar surface area (TPSA) is 24.9 Å². The number of pyridine rings is 1. The second-order valence-electron chi connectivity index (χ2n) is 5.59. The quantitative estimate of drug-likeness (QED) is 0.816. The number of hydrogen-bond acceptors (Lipinski definition) is 2. The van der Waals surface area contributed by atoms with E-state index in [0.29, 0.717) is 10.0 Å². The normalized spacial score (nSPS) is 11.9. The van der Waals surface area contributed by atoms with Crippen molar-refractivity contribution in [2.45, 2.75) is 33.1 Å². The van der Waals surface area contributed by atoms with Crippen molar-refractivity contribution in [3.05, 3.63) is 33.9 Å². The van der Waals surface area contributed by atoms with Gasteiger partial charge in [0, 0.05) is 28.7 Å². The molecule has 1 aromatic heterocycles. The summed E-state index contributed by atoms with van der Waals surface area (Å²) in [5.74, 6) is 0. The van der Waals surface area contributed by atoms with Crippen molar-refractivity contribution >= 4 is 39.8 Å². The smallest absolute Gasteiger partial charge is 0.0927 e. The van der Waals surface area contributed by atoms with E-state index < -0.39 is 0 Å². The van der Waals surface area contributed by atoms with Crippen molar-refractivity contribution in [1.82, 2.24) is 4.98 Å². The predicted molar refractivity (Wildman–Crippen MR) is 84.6 cm³/mol. The lowest BCUT2D eigenvalue weighted by atomic mass is 9.90. The van der Waals surface area contributed by atoms with Crippen LogP contribution in [0.1, 0.15) is 33.4 Å². The molecule has 0 aliphatic rings. The highest BCUT2D eigenvalue weighted by Gasteiger charge is 2.19. The first kappa shape index (κ1) is 14.4. The van der Waals surface area contributed by atoms with Crippen LogP contribution in [0.5, 0.6) is 0 Å². The first-order chi connectivity index (χ1) is 8.84. The number of nitrogens with zero attached hydrogens (tertiary/aromatic N) is 1. The van der Waals surface area contributed by atoms with Crippen molar-refractivity contribution in [3.63, 3.8) is 0 Å². The third-order valence-corrected chi connectivity index (χ3v) is 3.80. The molecule has 2 nitrogen and oxygen atoms in total. The number of benzene rings is 1. The molecule has 0 saturated carbocycles. The van der Waals surface area contributed by atoms with E-state index >= 15 is 0 Å². The average molecular weight is 297 g/mol. The van der Waals surface area contributed by atoms with E-state index in [1.165, 1.54) is 0 Å².